The van der Waals surface area contributed by atoms with E-state index >= 15 is 0 Å². The van der Waals surface area contributed by atoms with Crippen LogP contribution in [0.5, 0.6) is 0 Å². The molecule has 1 unspecified atom stereocenters. The zero-order valence-electron chi connectivity index (χ0n) is 12.8. The minimum atomic E-state index is -0.743. The molecule has 0 saturated heterocycles. The standard InChI is InChI=1S/C17H15BrClN3O2/c1-11(21-17(24)13-7-3-4-8-14(13)18)16(23)22-20-10-12-6-2-5-9-15(12)19/h2-11H,1H3,(H,21,24)(H,22,23). The topological polar surface area (TPSA) is 70.6 Å². The highest BCUT2D eigenvalue weighted by atomic mass is 79.9. The molecule has 0 aliphatic carbocycles. The molecule has 0 fully saturated rings. The average Bonchev–Trinajstić information content (AvgIpc) is 2.56. The van der Waals surface area contributed by atoms with Crippen LogP contribution in [0, 0.1) is 0 Å². The molecule has 0 saturated carbocycles. The summed E-state index contributed by atoms with van der Waals surface area (Å²) in [6, 6.07) is 13.4. The molecular formula is C17H15BrClN3O2. The maximum Gasteiger partial charge on any atom is 0.262 e. The van der Waals surface area contributed by atoms with Crippen LogP contribution in [-0.2, 0) is 4.79 Å². The molecule has 0 spiro atoms. The van der Waals surface area contributed by atoms with Gasteiger partial charge in [0.05, 0.1) is 11.8 Å². The molecule has 24 heavy (non-hydrogen) atoms. The molecule has 0 aliphatic rings. The maximum absolute atomic E-state index is 12.1. The largest absolute Gasteiger partial charge is 0.340 e. The monoisotopic (exact) mass is 407 g/mol. The van der Waals surface area contributed by atoms with Gasteiger partial charge in [-0.15, -0.1) is 0 Å². The van der Waals surface area contributed by atoms with E-state index in [2.05, 4.69) is 31.8 Å². The van der Waals surface area contributed by atoms with E-state index in [1.807, 2.05) is 6.07 Å². The van der Waals surface area contributed by atoms with Crippen molar-refractivity contribution < 1.29 is 9.59 Å². The number of halogens is 2. The number of rotatable bonds is 5. The van der Waals surface area contributed by atoms with Gasteiger partial charge in [-0.05, 0) is 41.1 Å². The van der Waals surface area contributed by atoms with Crippen molar-refractivity contribution in [3.8, 4) is 0 Å². The SMILES string of the molecule is CC(NC(=O)c1ccccc1Br)C(=O)NN=Cc1ccccc1Cl. The molecular weight excluding hydrogens is 394 g/mol. The zero-order chi connectivity index (χ0) is 17.5. The second-order valence-electron chi connectivity index (χ2n) is 4.93. The molecule has 2 amide bonds. The Morgan fingerprint density at radius 2 is 1.83 bits per heavy atom. The summed E-state index contributed by atoms with van der Waals surface area (Å²) in [7, 11) is 0. The van der Waals surface area contributed by atoms with Crippen LogP contribution >= 0.6 is 27.5 Å². The summed E-state index contributed by atoms with van der Waals surface area (Å²) < 4.78 is 0.659. The first kappa shape index (κ1) is 18.2. The Labute approximate surface area is 153 Å². The number of carbonyl (C=O) groups is 2. The number of nitrogens with one attached hydrogen (secondary N) is 2. The molecule has 2 N–H and O–H groups in total. The van der Waals surface area contributed by atoms with Crippen molar-refractivity contribution in [3.05, 3.63) is 69.2 Å². The number of amides is 2. The van der Waals surface area contributed by atoms with E-state index in [9.17, 15) is 9.59 Å². The van der Waals surface area contributed by atoms with Crippen LogP contribution in [-0.4, -0.2) is 24.1 Å². The molecule has 7 heteroatoms. The normalized spacial score (nSPS) is 12.0. The highest BCUT2D eigenvalue weighted by Gasteiger charge is 2.17. The quantitative estimate of drug-likeness (QED) is 0.588. The van der Waals surface area contributed by atoms with Crippen LogP contribution in [0.1, 0.15) is 22.8 Å². The Morgan fingerprint density at radius 3 is 2.54 bits per heavy atom. The fourth-order valence-corrected chi connectivity index (χ4v) is 2.48. The van der Waals surface area contributed by atoms with Gasteiger partial charge in [-0.1, -0.05) is 41.9 Å². The lowest BCUT2D eigenvalue weighted by Gasteiger charge is -2.12. The van der Waals surface area contributed by atoms with Crippen molar-refractivity contribution in [3.63, 3.8) is 0 Å². The van der Waals surface area contributed by atoms with Crippen LogP contribution in [0.15, 0.2) is 58.1 Å². The summed E-state index contributed by atoms with van der Waals surface area (Å²) in [4.78, 5) is 24.1. The number of hydrazone groups is 1. The van der Waals surface area contributed by atoms with E-state index in [-0.39, 0.29) is 5.91 Å². The number of benzene rings is 2. The highest BCUT2D eigenvalue weighted by Crippen LogP contribution is 2.15. The Morgan fingerprint density at radius 1 is 1.17 bits per heavy atom. The maximum atomic E-state index is 12.1. The van der Waals surface area contributed by atoms with E-state index in [1.54, 1.807) is 49.4 Å². The summed E-state index contributed by atoms with van der Waals surface area (Å²) in [6.07, 6.45) is 1.45. The number of nitrogens with zero attached hydrogens (tertiary/aromatic N) is 1. The minimum Gasteiger partial charge on any atom is -0.340 e. The lowest BCUT2D eigenvalue weighted by atomic mass is 10.2. The van der Waals surface area contributed by atoms with Gasteiger partial charge in [-0.25, -0.2) is 5.43 Å². The smallest absolute Gasteiger partial charge is 0.262 e. The van der Waals surface area contributed by atoms with Gasteiger partial charge in [-0.2, -0.15) is 5.10 Å². The van der Waals surface area contributed by atoms with Gasteiger partial charge < -0.3 is 5.32 Å². The third kappa shape index (κ3) is 4.91. The molecule has 2 rings (SSSR count). The first-order valence-corrected chi connectivity index (χ1v) is 8.29. The van der Waals surface area contributed by atoms with Crippen LogP contribution in [0.4, 0.5) is 0 Å². The molecule has 5 nitrogen and oxygen atoms in total. The summed E-state index contributed by atoms with van der Waals surface area (Å²) >= 11 is 9.29. The first-order valence-electron chi connectivity index (χ1n) is 7.12. The van der Waals surface area contributed by atoms with Gasteiger partial charge in [0.1, 0.15) is 6.04 Å². The second kappa shape index (κ2) is 8.61. The minimum absolute atomic E-state index is 0.347. The van der Waals surface area contributed by atoms with E-state index in [0.717, 1.165) is 0 Å². The summed E-state index contributed by atoms with van der Waals surface area (Å²) in [5, 5.41) is 7.00. The van der Waals surface area contributed by atoms with E-state index in [4.69, 9.17) is 11.6 Å². The molecule has 0 radical (unpaired) electrons. The molecule has 124 valence electrons. The molecule has 0 aliphatic heterocycles. The van der Waals surface area contributed by atoms with Gasteiger partial charge in [0.15, 0.2) is 0 Å². The number of hydrogen-bond donors (Lipinski definition) is 2. The lowest BCUT2D eigenvalue weighted by molar-refractivity contribution is -0.122. The fraction of sp³-hybridized carbons (Fsp3) is 0.118. The van der Waals surface area contributed by atoms with Crippen molar-refractivity contribution in [1.29, 1.82) is 0 Å². The van der Waals surface area contributed by atoms with Crippen molar-refractivity contribution in [2.24, 2.45) is 5.10 Å². The predicted molar refractivity (Wildman–Crippen MR) is 98.3 cm³/mol. The van der Waals surface area contributed by atoms with Gasteiger partial charge in [0.2, 0.25) is 0 Å². The third-order valence-corrected chi connectivity index (χ3v) is 4.18. The molecule has 2 aromatic carbocycles. The Bertz CT molecular complexity index is 780. The molecule has 0 aromatic heterocycles. The molecule has 0 bridgehead atoms. The van der Waals surface area contributed by atoms with E-state index in [0.29, 0.717) is 20.6 Å². The number of carbonyl (C=O) groups excluding carboxylic acids is 2. The van der Waals surface area contributed by atoms with Gasteiger partial charge in [-0.3, -0.25) is 9.59 Å². The predicted octanol–water partition coefficient (Wildman–Crippen LogP) is 3.37. The lowest BCUT2D eigenvalue weighted by Crippen LogP contribution is -2.43. The second-order valence-corrected chi connectivity index (χ2v) is 6.19. The third-order valence-electron chi connectivity index (χ3n) is 3.14. The van der Waals surface area contributed by atoms with Crippen LogP contribution in [0.25, 0.3) is 0 Å². The van der Waals surface area contributed by atoms with E-state index in [1.165, 1.54) is 6.21 Å². The Balaban J connectivity index is 1.92. The zero-order valence-corrected chi connectivity index (χ0v) is 15.1. The summed E-state index contributed by atoms with van der Waals surface area (Å²) in [6.45, 7) is 1.58. The highest BCUT2D eigenvalue weighted by molar-refractivity contribution is 9.10. The molecule has 2 aromatic rings. The van der Waals surface area contributed by atoms with E-state index < -0.39 is 11.9 Å². The van der Waals surface area contributed by atoms with Crippen LogP contribution in [0.3, 0.4) is 0 Å². The van der Waals surface area contributed by atoms with Gasteiger partial charge in [0.25, 0.3) is 11.8 Å². The van der Waals surface area contributed by atoms with Crippen LogP contribution < -0.4 is 10.7 Å². The Kier molecular flexibility index (Phi) is 6.52. The summed E-state index contributed by atoms with van der Waals surface area (Å²) in [5.41, 5.74) is 3.51. The Hall–Kier alpha value is -2.18. The van der Waals surface area contributed by atoms with Crippen LogP contribution in [0.2, 0.25) is 5.02 Å². The molecule has 1 atom stereocenters. The van der Waals surface area contributed by atoms with Crippen molar-refractivity contribution in [2.75, 3.05) is 0 Å². The molecule has 0 heterocycles. The number of hydrogen-bond acceptors (Lipinski definition) is 3. The average molecular weight is 409 g/mol. The van der Waals surface area contributed by atoms with Crippen molar-refractivity contribution >= 4 is 45.6 Å². The van der Waals surface area contributed by atoms with Gasteiger partial charge >= 0.3 is 0 Å². The van der Waals surface area contributed by atoms with Crippen molar-refractivity contribution in [1.82, 2.24) is 10.7 Å². The summed E-state index contributed by atoms with van der Waals surface area (Å²) in [5.74, 6) is -0.779. The van der Waals surface area contributed by atoms with Gasteiger partial charge in [0, 0.05) is 15.1 Å². The van der Waals surface area contributed by atoms with Crippen molar-refractivity contribution in [2.45, 2.75) is 13.0 Å². The first-order chi connectivity index (χ1) is 11.5. The fourth-order valence-electron chi connectivity index (χ4n) is 1.83.